The number of allylic oxidation sites excluding steroid dienone is 1. The monoisotopic (exact) mass is 356 g/mol. The van der Waals surface area contributed by atoms with Crippen molar-refractivity contribution in [3.8, 4) is 0 Å². The van der Waals surface area contributed by atoms with Crippen LogP contribution >= 0.6 is 8.01 Å². The molecule has 0 spiro atoms. The summed E-state index contributed by atoms with van der Waals surface area (Å²) in [5, 5.41) is 1.38. The van der Waals surface area contributed by atoms with E-state index in [9.17, 15) is 0 Å². The molecule has 25 heavy (non-hydrogen) atoms. The van der Waals surface area contributed by atoms with E-state index < -0.39 is 8.01 Å². The molecule has 1 aromatic carbocycles. The third kappa shape index (κ3) is 2.99. The summed E-state index contributed by atoms with van der Waals surface area (Å²) >= 11 is 0. The highest BCUT2D eigenvalue weighted by molar-refractivity contribution is 7.34. The van der Waals surface area contributed by atoms with Gasteiger partial charge in [0.25, 0.3) is 0 Å². The quantitative estimate of drug-likeness (QED) is 0.569. The molecule has 3 unspecified atom stereocenters. The van der Waals surface area contributed by atoms with Crippen molar-refractivity contribution in [2.45, 2.75) is 64.7 Å². The molecule has 1 fully saturated rings. The van der Waals surface area contributed by atoms with Crippen molar-refractivity contribution in [3.05, 3.63) is 40.7 Å². The van der Waals surface area contributed by atoms with Crippen LogP contribution in [-0.4, -0.2) is 0 Å². The fraction of sp³-hybridized carbons (Fsp3) is 0.545. The molecule has 2 aromatic rings. The fourth-order valence-electron chi connectivity index (χ4n) is 4.82. The molecule has 1 aromatic heterocycles. The summed E-state index contributed by atoms with van der Waals surface area (Å²) in [6.07, 6.45) is 13.3. The molecule has 2 nitrogen and oxygen atoms in total. The van der Waals surface area contributed by atoms with Crippen LogP contribution < -0.4 is 0 Å². The second kappa shape index (κ2) is 7.08. The normalized spacial score (nSPS) is 22.6. The van der Waals surface area contributed by atoms with Gasteiger partial charge in [-0.25, -0.2) is 0 Å². The van der Waals surface area contributed by atoms with Gasteiger partial charge in [-0.05, 0) is 60.8 Å². The van der Waals surface area contributed by atoms with Crippen molar-refractivity contribution in [2.75, 3.05) is 0 Å². The Labute approximate surface area is 151 Å². The Bertz CT molecular complexity index is 847. The number of hydrogen-bond acceptors (Lipinski definition) is 2. The van der Waals surface area contributed by atoms with Gasteiger partial charge in [0.1, 0.15) is 11.3 Å². The average Bonchev–Trinajstić information content (AvgIpc) is 2.77. The number of rotatable bonds is 3. The molecule has 0 radical (unpaired) electrons. The van der Waals surface area contributed by atoms with Crippen molar-refractivity contribution >= 4 is 25.1 Å². The Hall–Kier alpha value is -1.40. The maximum absolute atomic E-state index is 6.29. The summed E-state index contributed by atoms with van der Waals surface area (Å²) in [7, 11) is -0.918. The first kappa shape index (κ1) is 17.0. The molecule has 1 saturated carbocycles. The van der Waals surface area contributed by atoms with E-state index >= 15 is 0 Å². The van der Waals surface area contributed by atoms with Gasteiger partial charge in [-0.15, -0.1) is 0 Å². The van der Waals surface area contributed by atoms with E-state index in [2.05, 4.69) is 44.8 Å². The van der Waals surface area contributed by atoms with E-state index in [1.165, 1.54) is 47.8 Å². The molecule has 0 N–H and O–H groups in total. The molecule has 1 heterocycles. The lowest BCUT2D eigenvalue weighted by Gasteiger charge is -2.33. The summed E-state index contributed by atoms with van der Waals surface area (Å²) in [6, 6.07) is 4.47. The average molecular weight is 356 g/mol. The Kier molecular flexibility index (Phi) is 4.82. The van der Waals surface area contributed by atoms with E-state index in [1.54, 1.807) is 0 Å². The number of benzene rings is 1. The third-order valence-corrected chi connectivity index (χ3v) is 6.83. The lowest BCUT2D eigenvalue weighted by atomic mass is 9.71. The van der Waals surface area contributed by atoms with Crippen molar-refractivity contribution < 1.29 is 8.39 Å². The van der Waals surface area contributed by atoms with Crippen LogP contribution in [0.3, 0.4) is 0 Å². The highest BCUT2D eigenvalue weighted by Gasteiger charge is 2.32. The van der Waals surface area contributed by atoms with Gasteiger partial charge in [0.05, 0.1) is 0 Å². The smallest absolute Gasteiger partial charge is 0.213 e. The predicted molar refractivity (Wildman–Crippen MR) is 107 cm³/mol. The second-order valence-electron chi connectivity index (χ2n) is 7.49. The SMILES string of the molecule is CCCc1c(CC)ccc2op(C)oc3c(c12)C1CCCCC1C=C3. The molecular formula is C22H29O2P. The van der Waals surface area contributed by atoms with Gasteiger partial charge in [0.15, 0.2) is 0 Å². The zero-order valence-electron chi connectivity index (χ0n) is 15.7. The van der Waals surface area contributed by atoms with E-state index in [0.29, 0.717) is 11.8 Å². The Morgan fingerprint density at radius 3 is 2.76 bits per heavy atom. The van der Waals surface area contributed by atoms with Gasteiger partial charge < -0.3 is 8.39 Å². The van der Waals surface area contributed by atoms with Crippen LogP contribution in [0.4, 0.5) is 0 Å². The van der Waals surface area contributed by atoms with Crippen LogP contribution in [0.1, 0.15) is 74.3 Å². The molecule has 4 rings (SSSR count). The molecule has 0 aliphatic heterocycles. The molecule has 0 saturated heterocycles. The highest BCUT2D eigenvalue weighted by Crippen LogP contribution is 2.48. The number of fused-ring (bicyclic) bond motifs is 5. The van der Waals surface area contributed by atoms with Gasteiger partial charge in [0, 0.05) is 17.6 Å². The summed E-state index contributed by atoms with van der Waals surface area (Å²) < 4.78 is 12.6. The first-order valence-corrected chi connectivity index (χ1v) is 11.5. The van der Waals surface area contributed by atoms with E-state index in [1.807, 2.05) is 0 Å². The second-order valence-corrected chi connectivity index (χ2v) is 8.74. The Morgan fingerprint density at radius 1 is 1.12 bits per heavy atom. The lowest BCUT2D eigenvalue weighted by Crippen LogP contribution is -2.19. The van der Waals surface area contributed by atoms with Crippen LogP contribution in [0.25, 0.3) is 17.0 Å². The van der Waals surface area contributed by atoms with E-state index in [-0.39, 0.29) is 0 Å². The maximum atomic E-state index is 6.29. The van der Waals surface area contributed by atoms with Gasteiger partial charge in [-0.1, -0.05) is 45.3 Å². The molecule has 3 atom stereocenters. The third-order valence-electron chi connectivity index (χ3n) is 5.93. The summed E-state index contributed by atoms with van der Waals surface area (Å²) in [5.41, 5.74) is 5.48. The van der Waals surface area contributed by atoms with Gasteiger partial charge in [0.2, 0.25) is 8.01 Å². The van der Waals surface area contributed by atoms with Crippen molar-refractivity contribution in [1.82, 2.24) is 0 Å². The van der Waals surface area contributed by atoms with E-state index in [0.717, 1.165) is 30.6 Å². The largest absolute Gasteiger partial charge is 0.420 e. The Balaban J connectivity index is 2.11. The zero-order chi connectivity index (χ0) is 17.4. The predicted octanol–water partition coefficient (Wildman–Crippen LogP) is 7.49. The molecule has 2 aliphatic carbocycles. The van der Waals surface area contributed by atoms with E-state index in [4.69, 9.17) is 8.39 Å². The van der Waals surface area contributed by atoms with Gasteiger partial charge in [-0.3, -0.25) is 0 Å². The molecule has 3 heteroatoms. The fourth-order valence-corrected chi connectivity index (χ4v) is 5.73. The summed E-state index contributed by atoms with van der Waals surface area (Å²) in [4.78, 5) is 0. The van der Waals surface area contributed by atoms with Crippen LogP contribution in [0, 0.1) is 5.92 Å². The standard InChI is InChI=1S/C22H29O2P/c1-4-8-17-15(5-2)11-13-19-21(17)22-18-10-7-6-9-16(18)12-14-20(22)24-25(3)23-19/h11-14,16,18H,4-10H2,1-3H3. The number of aryl methyl sites for hydroxylation is 3. The van der Waals surface area contributed by atoms with Crippen LogP contribution in [0.15, 0.2) is 26.6 Å². The van der Waals surface area contributed by atoms with Crippen molar-refractivity contribution in [2.24, 2.45) is 12.6 Å². The molecular weight excluding hydrogens is 327 g/mol. The summed E-state index contributed by atoms with van der Waals surface area (Å²) in [6.45, 7) is 6.61. The summed E-state index contributed by atoms with van der Waals surface area (Å²) in [5.74, 6) is 2.35. The molecule has 0 amide bonds. The Morgan fingerprint density at radius 2 is 1.96 bits per heavy atom. The van der Waals surface area contributed by atoms with Crippen molar-refractivity contribution in [1.29, 1.82) is 0 Å². The molecule has 0 bridgehead atoms. The maximum Gasteiger partial charge on any atom is 0.213 e. The van der Waals surface area contributed by atoms with Gasteiger partial charge in [-0.2, -0.15) is 0 Å². The van der Waals surface area contributed by atoms with Crippen molar-refractivity contribution in [3.63, 3.8) is 0 Å². The molecule has 134 valence electrons. The first-order valence-electron chi connectivity index (χ1n) is 9.90. The number of hydrogen-bond donors (Lipinski definition) is 0. The molecule has 2 aliphatic rings. The zero-order valence-corrected chi connectivity index (χ0v) is 16.6. The van der Waals surface area contributed by atoms with Crippen LogP contribution in [0.5, 0.6) is 0 Å². The minimum atomic E-state index is -0.918. The van der Waals surface area contributed by atoms with Crippen LogP contribution in [-0.2, 0) is 19.5 Å². The highest BCUT2D eigenvalue weighted by atomic mass is 31.1. The van der Waals surface area contributed by atoms with Crippen LogP contribution in [0.2, 0.25) is 0 Å². The minimum Gasteiger partial charge on any atom is -0.420 e. The van der Waals surface area contributed by atoms with Gasteiger partial charge >= 0.3 is 0 Å². The topological polar surface area (TPSA) is 26.3 Å². The minimum absolute atomic E-state index is 0.598. The first-order chi connectivity index (χ1) is 12.2. The lowest BCUT2D eigenvalue weighted by molar-refractivity contribution is 0.356.